The molecule has 0 radical (unpaired) electrons. The highest BCUT2D eigenvalue weighted by atomic mass is 15.3. The minimum Gasteiger partial charge on any atom is -0.317 e. The Hall–Kier alpha value is -0.940. The second-order valence-electron chi connectivity index (χ2n) is 5.62. The molecule has 1 aromatic heterocycles. The number of nitrogens with zero attached hydrogens (tertiary/aromatic N) is 4. The average Bonchev–Trinajstić information content (AvgIpc) is 2.99. The van der Waals surface area contributed by atoms with E-state index in [-0.39, 0.29) is 0 Å². The van der Waals surface area contributed by atoms with Crippen LogP contribution in [0.25, 0.3) is 0 Å². The van der Waals surface area contributed by atoms with Crippen molar-refractivity contribution in [3.8, 4) is 0 Å². The van der Waals surface area contributed by atoms with Crippen molar-refractivity contribution in [1.29, 1.82) is 0 Å². The molecule has 0 amide bonds. The summed E-state index contributed by atoms with van der Waals surface area (Å²) >= 11 is 0. The van der Waals surface area contributed by atoms with Crippen molar-refractivity contribution in [3.63, 3.8) is 0 Å². The van der Waals surface area contributed by atoms with Gasteiger partial charge in [0.05, 0.1) is 6.54 Å². The van der Waals surface area contributed by atoms with Crippen LogP contribution < -0.4 is 5.32 Å². The van der Waals surface area contributed by atoms with E-state index < -0.39 is 0 Å². The van der Waals surface area contributed by atoms with Gasteiger partial charge in [0.15, 0.2) is 0 Å². The Morgan fingerprint density at radius 1 is 1.44 bits per heavy atom. The van der Waals surface area contributed by atoms with Gasteiger partial charge in [-0.2, -0.15) is 0 Å². The highest BCUT2D eigenvalue weighted by Crippen LogP contribution is 2.33. The Morgan fingerprint density at radius 3 is 3.00 bits per heavy atom. The molecular weight excluding hydrogens is 226 g/mol. The quantitative estimate of drug-likeness (QED) is 0.846. The second kappa shape index (κ2) is 4.97. The van der Waals surface area contributed by atoms with Crippen molar-refractivity contribution in [2.45, 2.75) is 64.3 Å². The molecule has 1 aliphatic carbocycles. The molecular formula is C13H23N5. The van der Waals surface area contributed by atoms with E-state index in [1.54, 1.807) is 0 Å². The zero-order chi connectivity index (χ0) is 12.5. The molecule has 5 heteroatoms. The van der Waals surface area contributed by atoms with Gasteiger partial charge in [-0.25, -0.2) is 0 Å². The standard InChI is InChI=1S/C13H23N5/c1-3-17-9-15-16-13(17)7-14-11-6-10(2)18(8-11)12-4-5-12/h9-12,14H,3-8H2,1-2H3. The van der Waals surface area contributed by atoms with E-state index in [0.717, 1.165) is 31.0 Å². The number of hydrogen-bond acceptors (Lipinski definition) is 4. The Kier molecular flexibility index (Phi) is 3.35. The zero-order valence-corrected chi connectivity index (χ0v) is 11.3. The molecule has 1 saturated carbocycles. The van der Waals surface area contributed by atoms with Crippen LogP contribution in [0.5, 0.6) is 0 Å². The number of rotatable bonds is 5. The number of likely N-dealkylation sites (tertiary alicyclic amines) is 1. The molecule has 0 bridgehead atoms. The third kappa shape index (κ3) is 2.42. The number of aromatic nitrogens is 3. The van der Waals surface area contributed by atoms with Crippen LogP contribution in [0.1, 0.15) is 38.9 Å². The van der Waals surface area contributed by atoms with E-state index in [2.05, 4.69) is 38.8 Å². The molecule has 5 nitrogen and oxygen atoms in total. The van der Waals surface area contributed by atoms with Crippen molar-refractivity contribution in [2.75, 3.05) is 6.54 Å². The molecule has 1 saturated heterocycles. The van der Waals surface area contributed by atoms with E-state index >= 15 is 0 Å². The second-order valence-corrected chi connectivity index (χ2v) is 5.62. The topological polar surface area (TPSA) is 46.0 Å². The Labute approximate surface area is 109 Å². The summed E-state index contributed by atoms with van der Waals surface area (Å²) < 4.78 is 2.10. The predicted octanol–water partition coefficient (Wildman–Crippen LogP) is 1.01. The first-order valence-electron chi connectivity index (χ1n) is 7.13. The average molecular weight is 249 g/mol. The maximum atomic E-state index is 4.17. The van der Waals surface area contributed by atoms with E-state index in [4.69, 9.17) is 0 Å². The Bertz CT molecular complexity index is 398. The summed E-state index contributed by atoms with van der Waals surface area (Å²) in [6, 6.07) is 2.23. The smallest absolute Gasteiger partial charge is 0.146 e. The van der Waals surface area contributed by atoms with Crippen LogP contribution in [0, 0.1) is 0 Å². The van der Waals surface area contributed by atoms with E-state index in [1.165, 1.54) is 25.8 Å². The van der Waals surface area contributed by atoms with E-state index in [0.29, 0.717) is 6.04 Å². The Morgan fingerprint density at radius 2 is 2.28 bits per heavy atom. The zero-order valence-electron chi connectivity index (χ0n) is 11.3. The lowest BCUT2D eigenvalue weighted by Crippen LogP contribution is -2.34. The third-order valence-corrected chi connectivity index (χ3v) is 4.22. The highest BCUT2D eigenvalue weighted by Gasteiger charge is 2.38. The summed E-state index contributed by atoms with van der Waals surface area (Å²) in [4.78, 5) is 2.67. The highest BCUT2D eigenvalue weighted by molar-refractivity contribution is 4.97. The van der Waals surface area contributed by atoms with Gasteiger partial charge in [0.25, 0.3) is 0 Å². The summed E-state index contributed by atoms with van der Waals surface area (Å²) in [7, 11) is 0. The van der Waals surface area contributed by atoms with Crippen molar-refractivity contribution in [3.05, 3.63) is 12.2 Å². The van der Waals surface area contributed by atoms with Gasteiger partial charge < -0.3 is 9.88 Å². The first kappa shape index (κ1) is 12.1. The first-order valence-corrected chi connectivity index (χ1v) is 7.13. The molecule has 18 heavy (non-hydrogen) atoms. The molecule has 0 aromatic carbocycles. The van der Waals surface area contributed by atoms with Gasteiger partial charge >= 0.3 is 0 Å². The molecule has 2 fully saturated rings. The molecule has 2 unspecified atom stereocenters. The molecule has 3 rings (SSSR count). The van der Waals surface area contributed by atoms with Crippen LogP contribution >= 0.6 is 0 Å². The van der Waals surface area contributed by atoms with Crippen LogP contribution in [0.3, 0.4) is 0 Å². The normalized spacial score (nSPS) is 29.0. The van der Waals surface area contributed by atoms with E-state index in [1.807, 2.05) is 6.33 Å². The fourth-order valence-electron chi connectivity index (χ4n) is 3.03. The fraction of sp³-hybridized carbons (Fsp3) is 0.846. The van der Waals surface area contributed by atoms with Crippen LogP contribution in [-0.2, 0) is 13.1 Å². The molecule has 2 atom stereocenters. The van der Waals surface area contributed by atoms with Crippen molar-refractivity contribution in [2.24, 2.45) is 0 Å². The van der Waals surface area contributed by atoms with Crippen molar-refractivity contribution in [1.82, 2.24) is 25.0 Å². The maximum Gasteiger partial charge on any atom is 0.146 e. The summed E-state index contributed by atoms with van der Waals surface area (Å²) in [5.41, 5.74) is 0. The summed E-state index contributed by atoms with van der Waals surface area (Å²) in [5, 5.41) is 11.8. The summed E-state index contributed by atoms with van der Waals surface area (Å²) in [6.07, 6.45) is 5.88. The minimum absolute atomic E-state index is 0.614. The molecule has 2 heterocycles. The Balaban J connectivity index is 1.52. The van der Waals surface area contributed by atoms with Crippen molar-refractivity contribution >= 4 is 0 Å². The number of hydrogen-bond donors (Lipinski definition) is 1. The van der Waals surface area contributed by atoms with Gasteiger partial charge in [-0.15, -0.1) is 10.2 Å². The number of aryl methyl sites for hydroxylation is 1. The predicted molar refractivity (Wildman–Crippen MR) is 70.1 cm³/mol. The molecule has 0 spiro atoms. The first-order chi connectivity index (χ1) is 8.78. The molecule has 100 valence electrons. The molecule has 2 aliphatic rings. The molecule has 1 aliphatic heterocycles. The summed E-state index contributed by atoms with van der Waals surface area (Å²) in [5.74, 6) is 1.05. The fourth-order valence-corrected chi connectivity index (χ4v) is 3.03. The monoisotopic (exact) mass is 249 g/mol. The van der Waals surface area contributed by atoms with Crippen LogP contribution in [-0.4, -0.2) is 44.3 Å². The van der Waals surface area contributed by atoms with Gasteiger partial charge in [-0.1, -0.05) is 0 Å². The van der Waals surface area contributed by atoms with Crippen LogP contribution in [0.15, 0.2) is 6.33 Å². The lowest BCUT2D eigenvalue weighted by atomic mass is 10.2. The third-order valence-electron chi connectivity index (χ3n) is 4.22. The van der Waals surface area contributed by atoms with Crippen LogP contribution in [0.2, 0.25) is 0 Å². The lowest BCUT2D eigenvalue weighted by molar-refractivity contribution is 0.255. The van der Waals surface area contributed by atoms with Gasteiger partial charge in [0.1, 0.15) is 12.2 Å². The lowest BCUT2D eigenvalue weighted by Gasteiger charge is -2.19. The molecule has 1 N–H and O–H groups in total. The maximum absolute atomic E-state index is 4.17. The van der Waals surface area contributed by atoms with Crippen molar-refractivity contribution < 1.29 is 0 Å². The van der Waals surface area contributed by atoms with Gasteiger partial charge in [-0.3, -0.25) is 4.90 Å². The number of nitrogens with one attached hydrogen (secondary N) is 1. The van der Waals surface area contributed by atoms with E-state index in [9.17, 15) is 0 Å². The minimum atomic E-state index is 0.614. The van der Waals surface area contributed by atoms with Gasteiger partial charge in [0, 0.05) is 31.2 Å². The van der Waals surface area contributed by atoms with Gasteiger partial charge in [-0.05, 0) is 33.1 Å². The SMILES string of the molecule is CCn1cnnc1CNC1CC(C)N(C2CC2)C1. The van der Waals surface area contributed by atoms with Gasteiger partial charge in [0.2, 0.25) is 0 Å². The largest absolute Gasteiger partial charge is 0.317 e. The van der Waals surface area contributed by atoms with Crippen LogP contribution in [0.4, 0.5) is 0 Å². The summed E-state index contributed by atoms with van der Waals surface area (Å²) in [6.45, 7) is 7.46. The molecule has 1 aromatic rings.